The van der Waals surface area contributed by atoms with E-state index >= 15 is 0 Å². The minimum Gasteiger partial charge on any atom is -0.373 e. The molecule has 0 unspecified atom stereocenters. The van der Waals surface area contributed by atoms with Crippen molar-refractivity contribution in [2.24, 2.45) is 0 Å². The van der Waals surface area contributed by atoms with Gasteiger partial charge >= 0.3 is 6.03 Å². The van der Waals surface area contributed by atoms with Crippen LogP contribution < -0.4 is 10.6 Å². The van der Waals surface area contributed by atoms with E-state index in [2.05, 4.69) is 10.6 Å². The first kappa shape index (κ1) is 17.7. The number of carbonyl (C=O) groups excluding carboxylic acids is 1. The number of urea groups is 1. The van der Waals surface area contributed by atoms with Crippen LogP contribution in [0, 0.1) is 0 Å². The van der Waals surface area contributed by atoms with E-state index in [1.165, 1.54) is 4.31 Å². The summed E-state index contributed by atoms with van der Waals surface area (Å²) in [6.45, 7) is 4.46. The fourth-order valence-corrected chi connectivity index (χ4v) is 3.97. The largest absolute Gasteiger partial charge is 0.373 e. The van der Waals surface area contributed by atoms with Crippen molar-refractivity contribution in [1.82, 2.24) is 9.62 Å². The molecule has 7 nitrogen and oxygen atoms in total. The number of para-hydroxylation sites is 1. The highest BCUT2D eigenvalue weighted by molar-refractivity contribution is 7.89. The van der Waals surface area contributed by atoms with Crippen LogP contribution in [0.2, 0.25) is 0 Å². The van der Waals surface area contributed by atoms with Gasteiger partial charge in [0.1, 0.15) is 0 Å². The number of nitrogens with zero attached hydrogens (tertiary/aromatic N) is 1. The van der Waals surface area contributed by atoms with Crippen LogP contribution in [0.3, 0.4) is 0 Å². The normalized spacial score (nSPS) is 22.5. The molecule has 0 spiro atoms. The lowest BCUT2D eigenvalue weighted by molar-refractivity contribution is -0.0440. The molecule has 23 heavy (non-hydrogen) atoms. The Morgan fingerprint density at radius 2 is 1.83 bits per heavy atom. The lowest BCUT2D eigenvalue weighted by Gasteiger charge is -2.34. The van der Waals surface area contributed by atoms with Crippen LogP contribution in [0.15, 0.2) is 30.3 Å². The Morgan fingerprint density at radius 3 is 2.43 bits per heavy atom. The van der Waals surface area contributed by atoms with E-state index < -0.39 is 16.1 Å². The van der Waals surface area contributed by atoms with E-state index in [0.29, 0.717) is 18.8 Å². The summed E-state index contributed by atoms with van der Waals surface area (Å²) in [6.07, 6.45) is -0.245. The van der Waals surface area contributed by atoms with E-state index in [9.17, 15) is 13.2 Å². The van der Waals surface area contributed by atoms with Gasteiger partial charge in [0.05, 0.1) is 18.0 Å². The lowest BCUT2D eigenvalue weighted by atomic mass is 10.3. The Labute approximate surface area is 137 Å². The summed E-state index contributed by atoms with van der Waals surface area (Å²) >= 11 is 0. The minimum atomic E-state index is -3.41. The van der Waals surface area contributed by atoms with E-state index in [1.54, 1.807) is 24.3 Å². The Balaban J connectivity index is 1.79. The van der Waals surface area contributed by atoms with E-state index in [-0.39, 0.29) is 24.5 Å². The molecular weight excluding hydrogens is 318 g/mol. The number of ether oxygens (including phenoxy) is 1. The molecule has 1 aromatic carbocycles. The number of sulfonamides is 1. The zero-order valence-corrected chi connectivity index (χ0v) is 14.2. The monoisotopic (exact) mass is 341 g/mol. The smallest absolute Gasteiger partial charge is 0.319 e. The highest BCUT2D eigenvalue weighted by Crippen LogP contribution is 2.14. The molecule has 2 rings (SSSR count). The summed E-state index contributed by atoms with van der Waals surface area (Å²) in [5, 5.41) is 5.20. The molecule has 1 fully saturated rings. The number of morpholine rings is 1. The molecule has 1 aromatic rings. The molecule has 128 valence electrons. The predicted molar refractivity (Wildman–Crippen MR) is 88.8 cm³/mol. The maximum Gasteiger partial charge on any atom is 0.319 e. The van der Waals surface area contributed by atoms with E-state index in [4.69, 9.17) is 4.74 Å². The summed E-state index contributed by atoms with van der Waals surface area (Å²) in [4.78, 5) is 11.7. The van der Waals surface area contributed by atoms with Crippen LogP contribution in [-0.4, -0.2) is 56.3 Å². The van der Waals surface area contributed by atoms with Gasteiger partial charge in [-0.15, -0.1) is 0 Å². The van der Waals surface area contributed by atoms with Gasteiger partial charge in [-0.3, -0.25) is 0 Å². The average molecular weight is 341 g/mol. The first-order chi connectivity index (χ1) is 10.9. The number of carbonyl (C=O) groups is 1. The van der Waals surface area contributed by atoms with Gasteiger partial charge in [0.25, 0.3) is 0 Å². The molecular formula is C15H23N3O4S. The third-order valence-corrected chi connectivity index (χ3v) is 5.26. The van der Waals surface area contributed by atoms with E-state index in [0.717, 1.165) is 0 Å². The SMILES string of the molecule is C[C@@H]1CN(S(=O)(=O)CCNC(=O)Nc2ccccc2)C[C@@H](C)O1. The molecule has 0 aromatic heterocycles. The van der Waals surface area contributed by atoms with Gasteiger partial charge in [-0.25, -0.2) is 13.2 Å². The number of hydrogen-bond acceptors (Lipinski definition) is 4. The van der Waals surface area contributed by atoms with Crippen LogP contribution in [0.5, 0.6) is 0 Å². The van der Waals surface area contributed by atoms with Crippen molar-refractivity contribution in [3.63, 3.8) is 0 Å². The number of amides is 2. The fourth-order valence-electron chi connectivity index (χ4n) is 2.48. The number of anilines is 1. The molecule has 1 heterocycles. The molecule has 2 amide bonds. The fraction of sp³-hybridized carbons (Fsp3) is 0.533. The highest BCUT2D eigenvalue weighted by atomic mass is 32.2. The first-order valence-corrected chi connectivity index (χ1v) is 9.21. The molecule has 2 atom stereocenters. The minimum absolute atomic E-state index is 0.0567. The molecule has 1 aliphatic rings. The molecule has 1 aliphatic heterocycles. The van der Waals surface area contributed by atoms with Gasteiger partial charge in [-0.2, -0.15) is 4.31 Å². The van der Waals surface area contributed by atoms with Crippen LogP contribution in [0.4, 0.5) is 10.5 Å². The first-order valence-electron chi connectivity index (χ1n) is 7.60. The van der Waals surface area contributed by atoms with Crippen molar-refractivity contribution in [1.29, 1.82) is 0 Å². The van der Waals surface area contributed by atoms with Crippen LogP contribution in [0.1, 0.15) is 13.8 Å². The van der Waals surface area contributed by atoms with Crippen molar-refractivity contribution in [3.05, 3.63) is 30.3 Å². The predicted octanol–water partition coefficient (Wildman–Crippen LogP) is 1.25. The lowest BCUT2D eigenvalue weighted by Crippen LogP contribution is -2.49. The van der Waals surface area contributed by atoms with Gasteiger partial charge in [0.15, 0.2) is 0 Å². The second-order valence-corrected chi connectivity index (χ2v) is 7.73. The van der Waals surface area contributed by atoms with Crippen LogP contribution >= 0.6 is 0 Å². The van der Waals surface area contributed by atoms with Gasteiger partial charge in [-0.1, -0.05) is 18.2 Å². The molecule has 0 saturated carbocycles. The van der Waals surface area contributed by atoms with Crippen molar-refractivity contribution >= 4 is 21.7 Å². The van der Waals surface area contributed by atoms with Crippen LogP contribution in [0.25, 0.3) is 0 Å². The number of hydrogen-bond donors (Lipinski definition) is 2. The third kappa shape index (κ3) is 5.49. The summed E-state index contributed by atoms with van der Waals surface area (Å²) < 4.78 is 31.6. The summed E-state index contributed by atoms with van der Waals surface area (Å²) in [6, 6.07) is 8.55. The Hall–Kier alpha value is -1.64. The topological polar surface area (TPSA) is 87.7 Å². The zero-order valence-electron chi connectivity index (χ0n) is 13.4. The van der Waals surface area contributed by atoms with Gasteiger partial charge in [0, 0.05) is 25.3 Å². The van der Waals surface area contributed by atoms with Crippen molar-refractivity contribution in [2.45, 2.75) is 26.1 Å². The maximum absolute atomic E-state index is 12.3. The number of rotatable bonds is 5. The number of benzene rings is 1. The van der Waals surface area contributed by atoms with E-state index in [1.807, 2.05) is 19.9 Å². The molecule has 0 bridgehead atoms. The molecule has 0 radical (unpaired) electrons. The maximum atomic E-state index is 12.3. The molecule has 0 aliphatic carbocycles. The second kappa shape index (κ2) is 7.76. The van der Waals surface area contributed by atoms with Gasteiger partial charge in [-0.05, 0) is 26.0 Å². The molecule has 8 heteroatoms. The van der Waals surface area contributed by atoms with Gasteiger partial charge < -0.3 is 15.4 Å². The van der Waals surface area contributed by atoms with Crippen molar-refractivity contribution in [2.75, 3.05) is 30.7 Å². The Morgan fingerprint density at radius 1 is 1.22 bits per heavy atom. The Bertz CT molecular complexity index is 611. The second-order valence-electron chi connectivity index (χ2n) is 5.64. The number of nitrogens with one attached hydrogen (secondary N) is 2. The Kier molecular flexibility index (Phi) is 5.97. The third-order valence-electron chi connectivity index (χ3n) is 3.46. The van der Waals surface area contributed by atoms with Gasteiger partial charge in [0.2, 0.25) is 10.0 Å². The highest BCUT2D eigenvalue weighted by Gasteiger charge is 2.30. The quantitative estimate of drug-likeness (QED) is 0.844. The molecule has 1 saturated heterocycles. The zero-order chi connectivity index (χ0) is 16.9. The van der Waals surface area contributed by atoms with Crippen molar-refractivity contribution < 1.29 is 17.9 Å². The average Bonchev–Trinajstić information content (AvgIpc) is 2.47. The van der Waals surface area contributed by atoms with Crippen LogP contribution in [-0.2, 0) is 14.8 Å². The standard InChI is InChI=1S/C15H23N3O4S/c1-12-10-18(11-13(2)22-12)23(20,21)9-8-16-15(19)17-14-6-4-3-5-7-14/h3-7,12-13H,8-11H2,1-2H3,(H2,16,17,19)/t12-,13-/m1/s1. The van der Waals surface area contributed by atoms with Crippen molar-refractivity contribution in [3.8, 4) is 0 Å². The summed E-state index contributed by atoms with van der Waals surface area (Å²) in [7, 11) is -3.41. The molecule has 2 N–H and O–H groups in total. The summed E-state index contributed by atoms with van der Waals surface area (Å²) in [5.74, 6) is -0.130. The summed E-state index contributed by atoms with van der Waals surface area (Å²) in [5.41, 5.74) is 0.656.